The quantitative estimate of drug-likeness (QED) is 0.844. The standard InChI is InChI=1S/C11H15ClN2OS/c12-4-8-2-1-3-9(8)5-13-11(15)10-6-16-7-14-10/h6-9H,1-5H2,(H,13,15). The summed E-state index contributed by atoms with van der Waals surface area (Å²) in [5.74, 6) is 1.75. The van der Waals surface area contributed by atoms with E-state index < -0.39 is 0 Å². The molecule has 0 aliphatic heterocycles. The van der Waals surface area contributed by atoms with E-state index in [9.17, 15) is 4.79 Å². The Bertz CT molecular complexity index is 342. The number of carbonyl (C=O) groups is 1. The zero-order valence-corrected chi connectivity index (χ0v) is 10.6. The van der Waals surface area contributed by atoms with Gasteiger partial charge in [-0.15, -0.1) is 22.9 Å². The van der Waals surface area contributed by atoms with Gasteiger partial charge in [0.05, 0.1) is 5.51 Å². The molecule has 1 aliphatic carbocycles. The maximum absolute atomic E-state index is 11.7. The topological polar surface area (TPSA) is 42.0 Å². The first-order valence-corrected chi connectivity index (χ1v) is 7.01. The van der Waals surface area contributed by atoms with E-state index in [1.54, 1.807) is 10.9 Å². The van der Waals surface area contributed by atoms with Crippen molar-refractivity contribution in [2.45, 2.75) is 19.3 Å². The van der Waals surface area contributed by atoms with Gasteiger partial charge in [-0.3, -0.25) is 4.79 Å². The van der Waals surface area contributed by atoms with E-state index in [4.69, 9.17) is 11.6 Å². The number of nitrogens with zero attached hydrogens (tertiary/aromatic N) is 1. The summed E-state index contributed by atoms with van der Waals surface area (Å²) in [6.45, 7) is 0.730. The zero-order valence-electron chi connectivity index (χ0n) is 8.99. The molecule has 1 aliphatic rings. The van der Waals surface area contributed by atoms with E-state index in [1.165, 1.54) is 30.6 Å². The molecular weight excluding hydrogens is 244 g/mol. The number of halogens is 1. The summed E-state index contributed by atoms with van der Waals surface area (Å²) in [4.78, 5) is 15.6. The van der Waals surface area contributed by atoms with Crippen LogP contribution in [0.4, 0.5) is 0 Å². The van der Waals surface area contributed by atoms with E-state index in [-0.39, 0.29) is 5.91 Å². The van der Waals surface area contributed by atoms with Gasteiger partial charge in [0.2, 0.25) is 0 Å². The summed E-state index contributed by atoms with van der Waals surface area (Å²) in [5, 5.41) is 4.70. The molecule has 1 aromatic rings. The van der Waals surface area contributed by atoms with Crippen LogP contribution in [-0.4, -0.2) is 23.3 Å². The van der Waals surface area contributed by atoms with Crippen molar-refractivity contribution in [1.82, 2.24) is 10.3 Å². The molecule has 1 saturated carbocycles. The molecule has 3 nitrogen and oxygen atoms in total. The van der Waals surface area contributed by atoms with Gasteiger partial charge in [0.15, 0.2) is 0 Å². The van der Waals surface area contributed by atoms with Gasteiger partial charge in [-0.05, 0) is 24.7 Å². The molecule has 0 bridgehead atoms. The van der Waals surface area contributed by atoms with Crippen LogP contribution in [0, 0.1) is 11.8 Å². The summed E-state index contributed by atoms with van der Waals surface area (Å²) in [6.07, 6.45) is 3.60. The van der Waals surface area contributed by atoms with Crippen molar-refractivity contribution in [3.8, 4) is 0 Å². The van der Waals surface area contributed by atoms with Crippen molar-refractivity contribution >= 4 is 28.8 Å². The van der Waals surface area contributed by atoms with Gasteiger partial charge in [0.25, 0.3) is 5.91 Å². The Morgan fingerprint density at radius 1 is 1.56 bits per heavy atom. The normalized spacial score (nSPS) is 24.6. The highest BCUT2D eigenvalue weighted by Gasteiger charge is 2.26. The van der Waals surface area contributed by atoms with E-state index in [0.29, 0.717) is 23.4 Å². The number of carbonyl (C=O) groups excluding carboxylic acids is 1. The number of thiazole rings is 1. The lowest BCUT2D eigenvalue weighted by Gasteiger charge is -2.17. The Balaban J connectivity index is 1.81. The van der Waals surface area contributed by atoms with Gasteiger partial charge in [0, 0.05) is 17.8 Å². The molecule has 5 heteroatoms. The summed E-state index contributed by atoms with van der Waals surface area (Å²) in [7, 11) is 0. The fraction of sp³-hybridized carbons (Fsp3) is 0.636. The first-order valence-electron chi connectivity index (χ1n) is 5.53. The van der Waals surface area contributed by atoms with Gasteiger partial charge < -0.3 is 5.32 Å². The molecule has 1 amide bonds. The number of amides is 1. The van der Waals surface area contributed by atoms with Crippen molar-refractivity contribution in [1.29, 1.82) is 0 Å². The number of hydrogen-bond acceptors (Lipinski definition) is 3. The van der Waals surface area contributed by atoms with Crippen LogP contribution < -0.4 is 5.32 Å². The molecule has 1 fully saturated rings. The predicted molar refractivity (Wildman–Crippen MR) is 66.0 cm³/mol. The number of aromatic nitrogens is 1. The van der Waals surface area contributed by atoms with Crippen LogP contribution in [0.3, 0.4) is 0 Å². The van der Waals surface area contributed by atoms with Crippen LogP contribution in [0.25, 0.3) is 0 Å². The van der Waals surface area contributed by atoms with Gasteiger partial charge in [-0.2, -0.15) is 0 Å². The molecule has 0 spiro atoms. The Kier molecular flexibility index (Phi) is 4.18. The van der Waals surface area contributed by atoms with Gasteiger partial charge >= 0.3 is 0 Å². The summed E-state index contributed by atoms with van der Waals surface area (Å²) in [6, 6.07) is 0. The minimum atomic E-state index is -0.0681. The largest absolute Gasteiger partial charge is 0.350 e. The minimum Gasteiger partial charge on any atom is -0.350 e. The molecule has 88 valence electrons. The van der Waals surface area contributed by atoms with E-state index in [1.807, 2.05) is 0 Å². The molecule has 1 aromatic heterocycles. The fourth-order valence-corrected chi connectivity index (χ4v) is 3.16. The molecule has 2 unspecified atom stereocenters. The average Bonchev–Trinajstić information content (AvgIpc) is 2.96. The smallest absolute Gasteiger partial charge is 0.270 e. The number of rotatable bonds is 4. The van der Waals surface area contributed by atoms with E-state index in [0.717, 1.165) is 6.54 Å². The second-order valence-electron chi connectivity index (χ2n) is 4.19. The van der Waals surface area contributed by atoms with Gasteiger partial charge in [-0.1, -0.05) is 6.42 Å². The Labute approximate surface area is 104 Å². The number of alkyl halides is 1. The maximum Gasteiger partial charge on any atom is 0.270 e. The number of nitrogens with one attached hydrogen (secondary N) is 1. The molecule has 16 heavy (non-hydrogen) atoms. The average molecular weight is 259 g/mol. The SMILES string of the molecule is O=C(NCC1CCCC1CCl)c1cscn1. The lowest BCUT2D eigenvalue weighted by molar-refractivity contribution is 0.0940. The molecule has 1 heterocycles. The highest BCUT2D eigenvalue weighted by Crippen LogP contribution is 2.31. The molecular formula is C11H15ClN2OS. The van der Waals surface area contributed by atoms with Crippen LogP contribution in [0.2, 0.25) is 0 Å². The fourth-order valence-electron chi connectivity index (χ4n) is 2.22. The van der Waals surface area contributed by atoms with Gasteiger partial charge in [-0.25, -0.2) is 4.98 Å². The first-order chi connectivity index (χ1) is 7.81. The van der Waals surface area contributed by atoms with Crippen LogP contribution in [0.1, 0.15) is 29.8 Å². The van der Waals surface area contributed by atoms with Crippen LogP contribution in [0.5, 0.6) is 0 Å². The molecule has 0 saturated heterocycles. The molecule has 0 aromatic carbocycles. The Morgan fingerprint density at radius 3 is 3.06 bits per heavy atom. The van der Waals surface area contributed by atoms with Crippen molar-refractivity contribution < 1.29 is 4.79 Å². The minimum absolute atomic E-state index is 0.0681. The van der Waals surface area contributed by atoms with E-state index in [2.05, 4.69) is 10.3 Å². The summed E-state index contributed by atoms with van der Waals surface area (Å²) < 4.78 is 0. The van der Waals surface area contributed by atoms with E-state index >= 15 is 0 Å². The second-order valence-corrected chi connectivity index (χ2v) is 5.22. The maximum atomic E-state index is 11.7. The highest BCUT2D eigenvalue weighted by molar-refractivity contribution is 7.07. The molecule has 2 rings (SSSR count). The van der Waals surface area contributed by atoms with Gasteiger partial charge in [0.1, 0.15) is 5.69 Å². The third kappa shape index (κ3) is 2.74. The first kappa shape index (κ1) is 11.9. The van der Waals surface area contributed by atoms with Crippen molar-refractivity contribution in [3.05, 3.63) is 16.6 Å². The molecule has 0 radical (unpaired) electrons. The van der Waals surface area contributed by atoms with Crippen molar-refractivity contribution in [2.24, 2.45) is 11.8 Å². The molecule has 1 N–H and O–H groups in total. The number of hydrogen-bond donors (Lipinski definition) is 1. The lowest BCUT2D eigenvalue weighted by Crippen LogP contribution is -2.31. The van der Waals surface area contributed by atoms with Crippen LogP contribution in [0.15, 0.2) is 10.9 Å². The molecule has 2 atom stereocenters. The van der Waals surface area contributed by atoms with Crippen LogP contribution in [-0.2, 0) is 0 Å². The van der Waals surface area contributed by atoms with Crippen molar-refractivity contribution in [2.75, 3.05) is 12.4 Å². The highest BCUT2D eigenvalue weighted by atomic mass is 35.5. The summed E-state index contributed by atoms with van der Waals surface area (Å²) in [5.41, 5.74) is 2.19. The lowest BCUT2D eigenvalue weighted by atomic mass is 9.98. The predicted octanol–water partition coefficient (Wildman–Crippen LogP) is 2.53. The second kappa shape index (κ2) is 5.64. The monoisotopic (exact) mass is 258 g/mol. The van der Waals surface area contributed by atoms with Crippen molar-refractivity contribution in [3.63, 3.8) is 0 Å². The Morgan fingerprint density at radius 2 is 2.38 bits per heavy atom. The third-order valence-electron chi connectivity index (χ3n) is 3.20. The van der Waals surface area contributed by atoms with Crippen LogP contribution >= 0.6 is 22.9 Å². The summed E-state index contributed by atoms with van der Waals surface area (Å²) >= 11 is 7.33. The third-order valence-corrected chi connectivity index (χ3v) is 4.19. The zero-order chi connectivity index (χ0) is 11.4. The Hall–Kier alpha value is -0.610.